The second-order valence-electron chi connectivity index (χ2n) is 3.71. The van der Waals surface area contributed by atoms with Gasteiger partial charge in [0.15, 0.2) is 0 Å². The third kappa shape index (κ3) is 4.60. The summed E-state index contributed by atoms with van der Waals surface area (Å²) in [4.78, 5) is 11.5. The van der Waals surface area contributed by atoms with Crippen LogP contribution in [-0.4, -0.2) is 18.6 Å². The van der Waals surface area contributed by atoms with Gasteiger partial charge in [0.25, 0.3) is 5.91 Å². The molecule has 7 heteroatoms. The molecular formula is C11H12F4N2O. The van der Waals surface area contributed by atoms with Gasteiger partial charge in [-0.2, -0.15) is 13.2 Å². The minimum Gasteiger partial charge on any atom is -0.396 e. The number of rotatable bonds is 4. The third-order valence-electron chi connectivity index (χ3n) is 2.18. The van der Waals surface area contributed by atoms with E-state index in [0.717, 1.165) is 12.1 Å². The predicted molar refractivity (Wildman–Crippen MR) is 58.4 cm³/mol. The number of nitrogen functional groups attached to an aromatic ring is 1. The van der Waals surface area contributed by atoms with E-state index < -0.39 is 24.3 Å². The van der Waals surface area contributed by atoms with Crippen LogP contribution >= 0.6 is 0 Å². The van der Waals surface area contributed by atoms with Crippen LogP contribution in [0.5, 0.6) is 0 Å². The van der Waals surface area contributed by atoms with Gasteiger partial charge in [0, 0.05) is 18.5 Å². The normalized spacial score (nSPS) is 11.3. The third-order valence-corrected chi connectivity index (χ3v) is 2.18. The van der Waals surface area contributed by atoms with Crippen molar-refractivity contribution in [3.8, 4) is 0 Å². The van der Waals surface area contributed by atoms with E-state index in [9.17, 15) is 22.4 Å². The number of benzene rings is 1. The summed E-state index contributed by atoms with van der Waals surface area (Å²) in [6.45, 7) is -0.102. The van der Waals surface area contributed by atoms with Gasteiger partial charge in [-0.25, -0.2) is 4.39 Å². The molecule has 0 saturated heterocycles. The van der Waals surface area contributed by atoms with Crippen LogP contribution in [0.4, 0.5) is 23.2 Å². The molecule has 100 valence electrons. The van der Waals surface area contributed by atoms with Gasteiger partial charge >= 0.3 is 6.18 Å². The van der Waals surface area contributed by atoms with Gasteiger partial charge in [-0.05, 0) is 24.6 Å². The van der Waals surface area contributed by atoms with Crippen LogP contribution < -0.4 is 11.1 Å². The van der Waals surface area contributed by atoms with Crippen molar-refractivity contribution in [2.75, 3.05) is 12.3 Å². The highest BCUT2D eigenvalue weighted by molar-refractivity contribution is 5.94. The van der Waals surface area contributed by atoms with E-state index >= 15 is 0 Å². The Kier molecular flexibility index (Phi) is 4.52. The van der Waals surface area contributed by atoms with Gasteiger partial charge in [-0.1, -0.05) is 0 Å². The van der Waals surface area contributed by atoms with Crippen LogP contribution in [0.2, 0.25) is 0 Å². The van der Waals surface area contributed by atoms with Crippen LogP contribution in [-0.2, 0) is 0 Å². The summed E-state index contributed by atoms with van der Waals surface area (Å²) in [5.74, 6) is -1.23. The highest BCUT2D eigenvalue weighted by atomic mass is 19.4. The molecule has 0 radical (unpaired) electrons. The molecule has 0 aromatic heterocycles. The second kappa shape index (κ2) is 5.70. The maximum Gasteiger partial charge on any atom is 0.389 e. The maximum absolute atomic E-state index is 12.8. The van der Waals surface area contributed by atoms with Crippen LogP contribution in [0.25, 0.3) is 0 Å². The van der Waals surface area contributed by atoms with Crippen molar-refractivity contribution in [2.45, 2.75) is 19.0 Å². The first-order valence-electron chi connectivity index (χ1n) is 5.19. The van der Waals surface area contributed by atoms with Crippen molar-refractivity contribution in [1.82, 2.24) is 5.32 Å². The molecule has 0 atom stereocenters. The van der Waals surface area contributed by atoms with Crippen molar-refractivity contribution >= 4 is 11.6 Å². The minimum absolute atomic E-state index is 0.102. The Morgan fingerprint density at radius 3 is 2.56 bits per heavy atom. The molecule has 18 heavy (non-hydrogen) atoms. The number of amides is 1. The van der Waals surface area contributed by atoms with Crippen molar-refractivity contribution < 1.29 is 22.4 Å². The Hall–Kier alpha value is -1.79. The molecule has 0 bridgehead atoms. The molecule has 0 spiro atoms. The van der Waals surface area contributed by atoms with E-state index in [1.807, 2.05) is 0 Å². The van der Waals surface area contributed by atoms with Gasteiger partial charge in [-0.15, -0.1) is 0 Å². The Bertz CT molecular complexity index is 432. The van der Waals surface area contributed by atoms with Gasteiger partial charge in [-0.3, -0.25) is 4.79 Å². The lowest BCUT2D eigenvalue weighted by Crippen LogP contribution is -2.25. The molecule has 0 heterocycles. The topological polar surface area (TPSA) is 55.1 Å². The summed E-state index contributed by atoms with van der Waals surface area (Å²) in [7, 11) is 0. The van der Waals surface area contributed by atoms with Gasteiger partial charge in [0.05, 0.1) is 5.69 Å². The van der Waals surface area contributed by atoms with Crippen molar-refractivity contribution in [3.63, 3.8) is 0 Å². The lowest BCUT2D eigenvalue weighted by molar-refractivity contribution is -0.135. The van der Waals surface area contributed by atoms with E-state index in [1.54, 1.807) is 0 Å². The van der Waals surface area contributed by atoms with Crippen LogP contribution in [0.3, 0.4) is 0 Å². The fourth-order valence-corrected chi connectivity index (χ4v) is 1.28. The zero-order chi connectivity index (χ0) is 13.8. The fourth-order valence-electron chi connectivity index (χ4n) is 1.28. The molecule has 1 amide bonds. The smallest absolute Gasteiger partial charge is 0.389 e. The standard InChI is InChI=1S/C11H12F4N2O/c12-8-3-2-7(6-9(8)16)10(18)17-5-1-4-11(13,14)15/h2-3,6H,1,4-5,16H2,(H,17,18). The Morgan fingerprint density at radius 2 is 2.00 bits per heavy atom. The second-order valence-corrected chi connectivity index (χ2v) is 3.71. The summed E-state index contributed by atoms with van der Waals surface area (Å²) < 4.78 is 48.3. The number of carbonyl (C=O) groups excluding carboxylic acids is 1. The number of hydrogen-bond donors (Lipinski definition) is 2. The quantitative estimate of drug-likeness (QED) is 0.498. The molecule has 0 aliphatic rings. The highest BCUT2D eigenvalue weighted by Gasteiger charge is 2.26. The van der Waals surface area contributed by atoms with Crippen molar-refractivity contribution in [3.05, 3.63) is 29.6 Å². The average molecular weight is 264 g/mol. The molecule has 0 unspecified atom stereocenters. The highest BCUT2D eigenvalue weighted by Crippen LogP contribution is 2.20. The Labute approximate surface area is 101 Å². The monoisotopic (exact) mass is 264 g/mol. The molecule has 3 N–H and O–H groups in total. The van der Waals surface area contributed by atoms with Gasteiger partial charge in [0.1, 0.15) is 5.82 Å². The van der Waals surface area contributed by atoms with Crippen LogP contribution in [0, 0.1) is 5.82 Å². The summed E-state index contributed by atoms with van der Waals surface area (Å²) in [5.41, 5.74) is 5.20. The fraction of sp³-hybridized carbons (Fsp3) is 0.364. The first kappa shape index (κ1) is 14.3. The van der Waals surface area contributed by atoms with Crippen molar-refractivity contribution in [2.24, 2.45) is 0 Å². The summed E-state index contributed by atoms with van der Waals surface area (Å²) in [5, 5.41) is 2.30. The summed E-state index contributed by atoms with van der Waals surface area (Å²) >= 11 is 0. The molecule has 0 aliphatic heterocycles. The van der Waals surface area contributed by atoms with E-state index in [4.69, 9.17) is 5.73 Å². The number of alkyl halides is 3. The van der Waals surface area contributed by atoms with Crippen LogP contribution in [0.1, 0.15) is 23.2 Å². The molecular weight excluding hydrogens is 252 g/mol. The number of carbonyl (C=O) groups is 1. The largest absolute Gasteiger partial charge is 0.396 e. The lowest BCUT2D eigenvalue weighted by atomic mass is 10.2. The molecule has 1 aromatic rings. The van der Waals surface area contributed by atoms with E-state index in [2.05, 4.69) is 5.32 Å². The molecule has 0 saturated carbocycles. The molecule has 1 aromatic carbocycles. The minimum atomic E-state index is -4.23. The summed E-state index contributed by atoms with van der Waals surface area (Å²) in [6, 6.07) is 3.37. The predicted octanol–water partition coefficient (Wildman–Crippen LogP) is 2.48. The summed E-state index contributed by atoms with van der Waals surface area (Å²) in [6.07, 6.45) is -5.39. The van der Waals surface area contributed by atoms with E-state index in [1.165, 1.54) is 6.07 Å². The van der Waals surface area contributed by atoms with Crippen molar-refractivity contribution in [1.29, 1.82) is 0 Å². The number of nitrogens with one attached hydrogen (secondary N) is 1. The molecule has 3 nitrogen and oxygen atoms in total. The zero-order valence-corrected chi connectivity index (χ0v) is 9.35. The number of nitrogens with two attached hydrogens (primary N) is 1. The van der Waals surface area contributed by atoms with E-state index in [-0.39, 0.29) is 24.2 Å². The van der Waals surface area contributed by atoms with E-state index in [0.29, 0.717) is 0 Å². The Morgan fingerprint density at radius 1 is 1.33 bits per heavy atom. The average Bonchev–Trinajstić information content (AvgIpc) is 2.26. The number of anilines is 1. The number of hydrogen-bond acceptors (Lipinski definition) is 2. The lowest BCUT2D eigenvalue weighted by Gasteiger charge is -2.08. The Balaban J connectivity index is 2.43. The first-order valence-corrected chi connectivity index (χ1v) is 5.19. The SMILES string of the molecule is Nc1cc(C(=O)NCCCC(F)(F)F)ccc1F. The van der Waals surface area contributed by atoms with Gasteiger partial charge < -0.3 is 11.1 Å². The number of halogens is 4. The van der Waals surface area contributed by atoms with Gasteiger partial charge in [0.2, 0.25) is 0 Å². The first-order chi connectivity index (χ1) is 8.29. The van der Waals surface area contributed by atoms with Crippen LogP contribution in [0.15, 0.2) is 18.2 Å². The zero-order valence-electron chi connectivity index (χ0n) is 9.35. The molecule has 1 rings (SSSR count). The maximum atomic E-state index is 12.8. The molecule has 0 aliphatic carbocycles. The molecule has 0 fully saturated rings.